The molecule has 0 heterocycles. The molecule has 2 N–H and O–H groups in total. The number of nitrogens with two attached hydrogens (primary N) is 1. The number of nitro groups is 1. The molecule has 4 nitrogen and oxygen atoms in total. The van der Waals surface area contributed by atoms with Gasteiger partial charge in [0.15, 0.2) is 0 Å². The summed E-state index contributed by atoms with van der Waals surface area (Å²) in [7, 11) is 0. The molecule has 1 aromatic rings. The van der Waals surface area contributed by atoms with Crippen molar-refractivity contribution < 1.29 is 4.92 Å². The lowest BCUT2D eigenvalue weighted by Crippen LogP contribution is -2.15. The Labute approximate surface area is 93.2 Å². The van der Waals surface area contributed by atoms with E-state index in [-0.39, 0.29) is 11.7 Å². The number of nitrogens with zero attached hydrogens (tertiary/aromatic N) is 1. The minimum absolute atomic E-state index is 0.0298. The molecule has 0 bridgehead atoms. The molecule has 0 aliphatic heterocycles. The van der Waals surface area contributed by atoms with Crippen LogP contribution in [0.25, 0.3) is 0 Å². The van der Waals surface area contributed by atoms with Crippen molar-refractivity contribution >= 4 is 17.3 Å². The van der Waals surface area contributed by atoms with E-state index in [0.717, 1.165) is 12.0 Å². The van der Waals surface area contributed by atoms with Crippen molar-refractivity contribution in [2.24, 2.45) is 5.73 Å². The molecule has 0 saturated carbocycles. The lowest BCUT2D eigenvalue weighted by Gasteiger charge is -2.05. The fourth-order valence-corrected chi connectivity index (χ4v) is 1.53. The summed E-state index contributed by atoms with van der Waals surface area (Å²) in [6, 6.07) is 4.70. The third-order valence-electron chi connectivity index (χ3n) is 2.04. The third-order valence-corrected chi connectivity index (χ3v) is 2.26. The van der Waals surface area contributed by atoms with Gasteiger partial charge in [-0.25, -0.2) is 0 Å². The Bertz CT molecular complexity index is 366. The standard InChI is InChI=1S/C10H13ClN2O2/c1-7(12)2-3-8-4-9(11)6-10(5-8)13(14)15/h4-7H,2-3,12H2,1H3. The lowest BCUT2D eigenvalue weighted by atomic mass is 10.1. The van der Waals surface area contributed by atoms with Gasteiger partial charge in [-0.1, -0.05) is 11.6 Å². The molecule has 15 heavy (non-hydrogen) atoms. The van der Waals surface area contributed by atoms with Gasteiger partial charge in [-0.15, -0.1) is 0 Å². The van der Waals surface area contributed by atoms with E-state index in [1.807, 2.05) is 6.92 Å². The summed E-state index contributed by atoms with van der Waals surface area (Å²) >= 11 is 5.77. The molecule has 1 rings (SSSR count). The summed E-state index contributed by atoms with van der Waals surface area (Å²) in [6.07, 6.45) is 1.50. The summed E-state index contributed by atoms with van der Waals surface area (Å²) in [5.74, 6) is 0. The number of halogens is 1. The van der Waals surface area contributed by atoms with Gasteiger partial charge >= 0.3 is 0 Å². The molecule has 0 aromatic heterocycles. The monoisotopic (exact) mass is 228 g/mol. The molecule has 5 heteroatoms. The SMILES string of the molecule is CC(N)CCc1cc(Cl)cc([N+](=O)[O-])c1. The van der Waals surface area contributed by atoms with Crippen molar-refractivity contribution in [1.82, 2.24) is 0 Å². The second kappa shape index (κ2) is 5.09. The Morgan fingerprint density at radius 1 is 1.53 bits per heavy atom. The van der Waals surface area contributed by atoms with E-state index in [0.29, 0.717) is 11.4 Å². The van der Waals surface area contributed by atoms with Crippen molar-refractivity contribution in [3.8, 4) is 0 Å². The van der Waals surface area contributed by atoms with Crippen molar-refractivity contribution in [3.05, 3.63) is 38.9 Å². The van der Waals surface area contributed by atoms with Gasteiger partial charge in [-0.05, 0) is 31.4 Å². The van der Waals surface area contributed by atoms with E-state index < -0.39 is 4.92 Å². The number of nitro benzene ring substituents is 1. The number of non-ortho nitro benzene ring substituents is 1. The highest BCUT2D eigenvalue weighted by Gasteiger charge is 2.09. The largest absolute Gasteiger partial charge is 0.328 e. The van der Waals surface area contributed by atoms with Gasteiger partial charge in [-0.3, -0.25) is 10.1 Å². The zero-order valence-corrected chi connectivity index (χ0v) is 9.20. The van der Waals surface area contributed by atoms with Gasteiger partial charge in [0.2, 0.25) is 0 Å². The van der Waals surface area contributed by atoms with E-state index in [9.17, 15) is 10.1 Å². The Morgan fingerprint density at radius 3 is 2.73 bits per heavy atom. The molecule has 0 saturated heterocycles. The second-order valence-electron chi connectivity index (χ2n) is 3.59. The molecule has 0 aliphatic rings. The summed E-state index contributed by atoms with van der Waals surface area (Å²) < 4.78 is 0. The van der Waals surface area contributed by atoms with E-state index in [1.54, 1.807) is 6.07 Å². The van der Waals surface area contributed by atoms with E-state index in [1.165, 1.54) is 12.1 Å². The maximum absolute atomic E-state index is 10.6. The summed E-state index contributed by atoms with van der Waals surface area (Å²) in [5, 5.41) is 11.0. The first-order valence-corrected chi connectivity index (χ1v) is 5.06. The molecule has 0 aliphatic carbocycles. The first-order chi connectivity index (χ1) is 6.99. The van der Waals surface area contributed by atoms with Crippen LogP contribution < -0.4 is 5.73 Å². The van der Waals surface area contributed by atoms with Crippen molar-refractivity contribution in [2.75, 3.05) is 0 Å². The van der Waals surface area contributed by atoms with Crippen LogP contribution in [0.2, 0.25) is 5.02 Å². The fourth-order valence-electron chi connectivity index (χ4n) is 1.28. The maximum Gasteiger partial charge on any atom is 0.271 e. The van der Waals surface area contributed by atoms with E-state index in [4.69, 9.17) is 17.3 Å². The normalized spacial score (nSPS) is 12.5. The summed E-state index contributed by atoms with van der Waals surface area (Å²) in [4.78, 5) is 10.1. The van der Waals surface area contributed by atoms with Gasteiger partial charge in [0, 0.05) is 23.2 Å². The van der Waals surface area contributed by atoms with E-state index >= 15 is 0 Å². The lowest BCUT2D eigenvalue weighted by molar-refractivity contribution is -0.384. The molecule has 0 amide bonds. The van der Waals surface area contributed by atoms with Crippen LogP contribution >= 0.6 is 11.6 Å². The van der Waals surface area contributed by atoms with Crippen LogP contribution in [0.1, 0.15) is 18.9 Å². The number of benzene rings is 1. The van der Waals surface area contributed by atoms with Crippen LogP contribution in [0.4, 0.5) is 5.69 Å². The Balaban J connectivity index is 2.84. The number of aryl methyl sites for hydroxylation is 1. The average Bonchev–Trinajstić information content (AvgIpc) is 2.13. The molecule has 0 radical (unpaired) electrons. The Hall–Kier alpha value is -1.13. The van der Waals surface area contributed by atoms with Crippen molar-refractivity contribution in [3.63, 3.8) is 0 Å². The predicted octanol–water partition coefficient (Wildman–Crippen LogP) is 2.53. The molecule has 1 aromatic carbocycles. The van der Waals surface area contributed by atoms with Crippen LogP contribution in [0.5, 0.6) is 0 Å². The quantitative estimate of drug-likeness (QED) is 0.636. The molecule has 1 unspecified atom stereocenters. The van der Waals surface area contributed by atoms with Gasteiger partial charge in [0.1, 0.15) is 0 Å². The van der Waals surface area contributed by atoms with E-state index in [2.05, 4.69) is 0 Å². The van der Waals surface area contributed by atoms with Crippen LogP contribution in [0, 0.1) is 10.1 Å². The smallest absolute Gasteiger partial charge is 0.271 e. The Kier molecular flexibility index (Phi) is 4.05. The number of hydrogen-bond acceptors (Lipinski definition) is 3. The zero-order valence-electron chi connectivity index (χ0n) is 8.44. The molecule has 0 spiro atoms. The Morgan fingerprint density at radius 2 is 2.20 bits per heavy atom. The van der Waals surface area contributed by atoms with Crippen LogP contribution in [0.15, 0.2) is 18.2 Å². The maximum atomic E-state index is 10.6. The predicted molar refractivity (Wildman–Crippen MR) is 60.1 cm³/mol. The molecular formula is C10H13ClN2O2. The summed E-state index contributed by atoms with van der Waals surface area (Å²) in [5.41, 5.74) is 6.49. The minimum Gasteiger partial charge on any atom is -0.328 e. The van der Waals surface area contributed by atoms with Crippen LogP contribution in [0.3, 0.4) is 0 Å². The topological polar surface area (TPSA) is 69.2 Å². The molecule has 1 atom stereocenters. The average molecular weight is 229 g/mol. The van der Waals surface area contributed by atoms with Crippen molar-refractivity contribution in [1.29, 1.82) is 0 Å². The van der Waals surface area contributed by atoms with Gasteiger partial charge in [0.05, 0.1) is 4.92 Å². The highest BCUT2D eigenvalue weighted by Crippen LogP contribution is 2.21. The van der Waals surface area contributed by atoms with Crippen LogP contribution in [-0.4, -0.2) is 11.0 Å². The fraction of sp³-hybridized carbons (Fsp3) is 0.400. The summed E-state index contributed by atoms with van der Waals surface area (Å²) in [6.45, 7) is 1.90. The number of hydrogen-bond donors (Lipinski definition) is 1. The van der Waals surface area contributed by atoms with Crippen molar-refractivity contribution in [2.45, 2.75) is 25.8 Å². The zero-order chi connectivity index (χ0) is 11.4. The van der Waals surface area contributed by atoms with Gasteiger partial charge in [0.25, 0.3) is 5.69 Å². The highest BCUT2D eigenvalue weighted by atomic mass is 35.5. The minimum atomic E-state index is -0.443. The third kappa shape index (κ3) is 3.85. The van der Waals surface area contributed by atoms with Gasteiger partial charge in [-0.2, -0.15) is 0 Å². The van der Waals surface area contributed by atoms with Crippen LogP contribution in [-0.2, 0) is 6.42 Å². The highest BCUT2D eigenvalue weighted by molar-refractivity contribution is 6.30. The molecule has 0 fully saturated rings. The number of rotatable bonds is 4. The first kappa shape index (κ1) is 11.9. The molecular weight excluding hydrogens is 216 g/mol. The first-order valence-electron chi connectivity index (χ1n) is 4.68. The molecule has 82 valence electrons. The second-order valence-corrected chi connectivity index (χ2v) is 4.03. The van der Waals surface area contributed by atoms with Gasteiger partial charge < -0.3 is 5.73 Å².